The molecule has 80 valence electrons. The summed E-state index contributed by atoms with van der Waals surface area (Å²) in [6, 6.07) is 0. The van der Waals surface area contributed by atoms with E-state index in [1.807, 2.05) is 0 Å². The Kier molecular flexibility index (Phi) is 3.59. The van der Waals surface area contributed by atoms with E-state index in [1.165, 1.54) is 0 Å². The Morgan fingerprint density at radius 1 is 0.769 bits per heavy atom. The molecule has 0 atom stereocenters. The van der Waals surface area contributed by atoms with Crippen LogP contribution in [0.5, 0.6) is 0 Å². The quantitative estimate of drug-likeness (QED) is 0.636. The lowest BCUT2D eigenvalue weighted by Crippen LogP contribution is -2.41. The van der Waals surface area contributed by atoms with Crippen molar-refractivity contribution in [2.45, 2.75) is 61.0 Å². The maximum absolute atomic E-state index is 5.96. The maximum Gasteiger partial charge on any atom is 0.0674 e. The van der Waals surface area contributed by atoms with Gasteiger partial charge in [-0.15, -0.1) is 0 Å². The number of ether oxygens (including phenoxy) is 1. The molecule has 0 heterocycles. The van der Waals surface area contributed by atoms with Gasteiger partial charge in [0, 0.05) is 0 Å². The zero-order valence-corrected chi connectivity index (χ0v) is 10.6. The first-order valence-corrected chi connectivity index (χ1v) is 5.10. The summed E-state index contributed by atoms with van der Waals surface area (Å²) in [7, 11) is 0. The summed E-state index contributed by atoms with van der Waals surface area (Å²) in [5, 5.41) is 0. The van der Waals surface area contributed by atoms with Crippen LogP contribution in [0.2, 0.25) is 0 Å². The molecular formula is C12H26O. The van der Waals surface area contributed by atoms with Crippen LogP contribution in [-0.2, 0) is 4.74 Å². The highest BCUT2D eigenvalue weighted by atomic mass is 16.5. The van der Waals surface area contributed by atoms with Gasteiger partial charge in [0.1, 0.15) is 0 Å². The van der Waals surface area contributed by atoms with Crippen LogP contribution in [0.25, 0.3) is 0 Å². The minimum atomic E-state index is -0.0553. The van der Waals surface area contributed by atoms with Crippen LogP contribution in [0.15, 0.2) is 0 Å². The van der Waals surface area contributed by atoms with E-state index in [0.717, 1.165) is 6.61 Å². The van der Waals surface area contributed by atoms with Crippen LogP contribution in [0, 0.1) is 10.8 Å². The van der Waals surface area contributed by atoms with Crippen LogP contribution in [0.1, 0.15) is 55.4 Å². The van der Waals surface area contributed by atoms with E-state index in [4.69, 9.17) is 4.74 Å². The molecule has 0 N–H and O–H groups in total. The van der Waals surface area contributed by atoms with Crippen molar-refractivity contribution in [3.05, 3.63) is 0 Å². The van der Waals surface area contributed by atoms with Crippen molar-refractivity contribution in [3.8, 4) is 0 Å². The van der Waals surface area contributed by atoms with Gasteiger partial charge in [0.05, 0.1) is 12.2 Å². The fourth-order valence-corrected chi connectivity index (χ4v) is 0.613. The van der Waals surface area contributed by atoms with Gasteiger partial charge in [-0.05, 0) is 24.7 Å². The second kappa shape index (κ2) is 3.61. The van der Waals surface area contributed by atoms with Crippen LogP contribution in [0.3, 0.4) is 0 Å². The average Bonchev–Trinajstić information content (AvgIpc) is 1.79. The molecule has 0 rings (SSSR count). The highest BCUT2D eigenvalue weighted by Gasteiger charge is 2.34. The second-order valence-corrected chi connectivity index (χ2v) is 6.61. The third kappa shape index (κ3) is 4.66. The summed E-state index contributed by atoms with van der Waals surface area (Å²) in [4.78, 5) is 0. The molecule has 13 heavy (non-hydrogen) atoms. The van der Waals surface area contributed by atoms with Crippen LogP contribution in [-0.4, -0.2) is 12.2 Å². The first kappa shape index (κ1) is 13.0. The van der Waals surface area contributed by atoms with Gasteiger partial charge >= 0.3 is 0 Å². The smallest absolute Gasteiger partial charge is 0.0674 e. The van der Waals surface area contributed by atoms with E-state index in [-0.39, 0.29) is 16.4 Å². The Labute approximate surface area is 83.9 Å². The standard InChI is InChI=1S/C12H26O/c1-10(2,3)9-13-12(7,8)11(4,5)6/h9H2,1-8H3. The van der Waals surface area contributed by atoms with E-state index in [0.29, 0.717) is 0 Å². The molecule has 0 amide bonds. The minimum Gasteiger partial charge on any atom is -0.374 e. The zero-order chi connectivity index (χ0) is 10.9. The fourth-order valence-electron chi connectivity index (χ4n) is 0.613. The van der Waals surface area contributed by atoms with Gasteiger partial charge in [0.25, 0.3) is 0 Å². The highest BCUT2D eigenvalue weighted by molar-refractivity contribution is 4.84. The predicted molar refractivity (Wildman–Crippen MR) is 58.9 cm³/mol. The van der Waals surface area contributed by atoms with Gasteiger partial charge in [-0.3, -0.25) is 0 Å². The van der Waals surface area contributed by atoms with Gasteiger partial charge in [-0.2, -0.15) is 0 Å². The van der Waals surface area contributed by atoms with E-state index in [1.54, 1.807) is 0 Å². The lowest BCUT2D eigenvalue weighted by Gasteiger charge is -2.40. The van der Waals surface area contributed by atoms with Gasteiger partial charge in [0.15, 0.2) is 0 Å². The van der Waals surface area contributed by atoms with Gasteiger partial charge in [-0.1, -0.05) is 41.5 Å². The molecule has 0 bridgehead atoms. The predicted octanol–water partition coefficient (Wildman–Crippen LogP) is 3.87. The van der Waals surface area contributed by atoms with Crippen LogP contribution in [0.4, 0.5) is 0 Å². The molecule has 0 spiro atoms. The molecule has 0 aromatic heterocycles. The Morgan fingerprint density at radius 2 is 1.15 bits per heavy atom. The van der Waals surface area contributed by atoms with Crippen molar-refractivity contribution < 1.29 is 4.74 Å². The molecule has 0 aliphatic carbocycles. The van der Waals surface area contributed by atoms with Crippen molar-refractivity contribution in [1.29, 1.82) is 0 Å². The van der Waals surface area contributed by atoms with Crippen molar-refractivity contribution >= 4 is 0 Å². The average molecular weight is 186 g/mol. The third-order valence-electron chi connectivity index (χ3n) is 2.67. The summed E-state index contributed by atoms with van der Waals surface area (Å²) < 4.78 is 5.96. The topological polar surface area (TPSA) is 9.23 Å². The molecule has 0 saturated heterocycles. The SMILES string of the molecule is CC(C)(C)COC(C)(C)C(C)(C)C. The minimum absolute atomic E-state index is 0.0553. The van der Waals surface area contributed by atoms with Gasteiger partial charge in [-0.25, -0.2) is 0 Å². The molecule has 0 aliphatic rings. The summed E-state index contributed by atoms with van der Waals surface area (Å²) in [5.41, 5.74) is 0.390. The fraction of sp³-hybridized carbons (Fsp3) is 1.00. The monoisotopic (exact) mass is 186 g/mol. The molecule has 0 aromatic rings. The summed E-state index contributed by atoms with van der Waals surface area (Å²) in [5.74, 6) is 0. The van der Waals surface area contributed by atoms with Crippen molar-refractivity contribution in [3.63, 3.8) is 0 Å². The Bertz CT molecular complexity index is 155. The molecule has 0 unspecified atom stereocenters. The highest BCUT2D eigenvalue weighted by Crippen LogP contribution is 2.34. The number of hydrogen-bond donors (Lipinski definition) is 0. The van der Waals surface area contributed by atoms with Gasteiger partial charge in [0.2, 0.25) is 0 Å². The van der Waals surface area contributed by atoms with Crippen LogP contribution < -0.4 is 0 Å². The van der Waals surface area contributed by atoms with Crippen molar-refractivity contribution in [2.24, 2.45) is 10.8 Å². The normalized spacial score (nSPS) is 14.8. The van der Waals surface area contributed by atoms with E-state index in [2.05, 4.69) is 55.4 Å². The molecule has 0 aromatic carbocycles. The lowest BCUT2D eigenvalue weighted by molar-refractivity contribution is -0.112. The molecule has 0 aliphatic heterocycles. The van der Waals surface area contributed by atoms with Crippen molar-refractivity contribution in [2.75, 3.05) is 6.61 Å². The Balaban J connectivity index is 4.21. The summed E-state index contributed by atoms with van der Waals surface area (Å²) in [6.07, 6.45) is 0. The van der Waals surface area contributed by atoms with E-state index < -0.39 is 0 Å². The summed E-state index contributed by atoms with van der Waals surface area (Å²) in [6.45, 7) is 18.4. The first-order valence-electron chi connectivity index (χ1n) is 5.10. The number of hydrogen-bond acceptors (Lipinski definition) is 1. The molecule has 0 radical (unpaired) electrons. The largest absolute Gasteiger partial charge is 0.374 e. The Hall–Kier alpha value is -0.0400. The summed E-state index contributed by atoms with van der Waals surface area (Å²) >= 11 is 0. The lowest BCUT2D eigenvalue weighted by atomic mass is 9.79. The molecule has 0 fully saturated rings. The van der Waals surface area contributed by atoms with E-state index in [9.17, 15) is 0 Å². The third-order valence-corrected chi connectivity index (χ3v) is 2.67. The number of rotatable bonds is 2. The Morgan fingerprint density at radius 3 is 1.38 bits per heavy atom. The first-order chi connectivity index (χ1) is 5.46. The maximum atomic E-state index is 5.96. The van der Waals surface area contributed by atoms with Gasteiger partial charge < -0.3 is 4.74 Å². The second-order valence-electron chi connectivity index (χ2n) is 6.61. The van der Waals surface area contributed by atoms with E-state index >= 15 is 0 Å². The molecule has 0 saturated carbocycles. The molecule has 1 nitrogen and oxygen atoms in total. The van der Waals surface area contributed by atoms with Crippen molar-refractivity contribution in [1.82, 2.24) is 0 Å². The van der Waals surface area contributed by atoms with Crippen LogP contribution >= 0.6 is 0 Å². The molecular weight excluding hydrogens is 160 g/mol. The molecule has 1 heteroatoms. The zero-order valence-electron chi connectivity index (χ0n) is 10.6.